The lowest BCUT2D eigenvalue weighted by atomic mass is 9.87. The minimum absolute atomic E-state index is 0.0475. The summed E-state index contributed by atoms with van der Waals surface area (Å²) in [5, 5.41) is 2.65. The third-order valence-electron chi connectivity index (χ3n) is 4.11. The highest BCUT2D eigenvalue weighted by molar-refractivity contribution is 5.89. The summed E-state index contributed by atoms with van der Waals surface area (Å²) >= 11 is 0. The molecule has 2 atom stereocenters. The third-order valence-corrected chi connectivity index (χ3v) is 4.11. The molecule has 0 fully saturated rings. The van der Waals surface area contributed by atoms with Crippen molar-refractivity contribution in [3.8, 4) is 5.75 Å². The Hall–Kier alpha value is -2.82. The maximum atomic E-state index is 12.4. The summed E-state index contributed by atoms with van der Waals surface area (Å²) in [6, 6.07) is 15.6. The van der Waals surface area contributed by atoms with E-state index >= 15 is 0 Å². The minimum Gasteiger partial charge on any atom is -0.481 e. The molecule has 5 heteroatoms. The van der Waals surface area contributed by atoms with Crippen LogP contribution in [-0.2, 0) is 15.0 Å². The van der Waals surface area contributed by atoms with E-state index in [9.17, 15) is 9.59 Å². The van der Waals surface area contributed by atoms with E-state index in [1.165, 1.54) is 5.56 Å². The molecule has 0 aromatic heterocycles. The van der Waals surface area contributed by atoms with Gasteiger partial charge >= 0.3 is 0 Å². The lowest BCUT2D eigenvalue weighted by Gasteiger charge is -2.21. The molecule has 0 saturated heterocycles. The fraction of sp³-hybridized carbons (Fsp3) is 0.333. The van der Waals surface area contributed by atoms with Gasteiger partial charge in [0.25, 0.3) is 5.91 Å². The van der Waals surface area contributed by atoms with Crippen LogP contribution >= 0.6 is 0 Å². The van der Waals surface area contributed by atoms with Crippen LogP contribution in [-0.4, -0.2) is 17.9 Å². The quantitative estimate of drug-likeness (QED) is 0.836. The normalized spacial score (nSPS) is 13.5. The standard InChI is InChI=1S/C21H26N2O3/c1-14(26-17-12-10-16(11-13-17)21(2,3)4)20(25)23-18(19(22)24)15-8-6-5-7-9-15/h5-14,18H,1-4H3,(H2,22,24)(H,23,25). The van der Waals surface area contributed by atoms with Gasteiger partial charge in [-0.3, -0.25) is 9.59 Å². The summed E-state index contributed by atoms with van der Waals surface area (Å²) in [5.74, 6) is -0.431. The number of hydrogen-bond acceptors (Lipinski definition) is 3. The Bertz CT molecular complexity index is 749. The zero-order chi connectivity index (χ0) is 19.3. The molecule has 2 aromatic carbocycles. The molecule has 0 aliphatic rings. The highest BCUT2D eigenvalue weighted by atomic mass is 16.5. The molecule has 3 N–H and O–H groups in total. The molecule has 2 unspecified atom stereocenters. The number of nitrogens with two attached hydrogens (primary N) is 1. The average Bonchev–Trinajstić information content (AvgIpc) is 2.59. The largest absolute Gasteiger partial charge is 0.481 e. The van der Waals surface area contributed by atoms with Gasteiger partial charge in [0.1, 0.15) is 11.8 Å². The van der Waals surface area contributed by atoms with Crippen LogP contribution in [0, 0.1) is 0 Å². The molecule has 0 heterocycles. The molecule has 0 radical (unpaired) electrons. The van der Waals surface area contributed by atoms with Crippen molar-refractivity contribution >= 4 is 11.8 Å². The Labute approximate surface area is 154 Å². The van der Waals surface area contributed by atoms with Gasteiger partial charge in [-0.25, -0.2) is 0 Å². The van der Waals surface area contributed by atoms with Crippen LogP contribution in [0.25, 0.3) is 0 Å². The van der Waals surface area contributed by atoms with Gasteiger partial charge in [0.05, 0.1) is 0 Å². The number of primary amides is 1. The Balaban J connectivity index is 2.03. The van der Waals surface area contributed by atoms with E-state index in [-0.39, 0.29) is 5.41 Å². The molecule has 26 heavy (non-hydrogen) atoms. The van der Waals surface area contributed by atoms with Crippen molar-refractivity contribution in [3.05, 3.63) is 65.7 Å². The van der Waals surface area contributed by atoms with Gasteiger partial charge in [-0.15, -0.1) is 0 Å². The Morgan fingerprint density at radius 2 is 1.58 bits per heavy atom. The van der Waals surface area contributed by atoms with Gasteiger partial charge in [0.15, 0.2) is 6.10 Å². The van der Waals surface area contributed by atoms with Crippen molar-refractivity contribution in [3.63, 3.8) is 0 Å². The van der Waals surface area contributed by atoms with Crippen LogP contribution in [0.3, 0.4) is 0 Å². The second kappa shape index (κ2) is 8.04. The van der Waals surface area contributed by atoms with Gasteiger partial charge in [-0.05, 0) is 35.6 Å². The van der Waals surface area contributed by atoms with E-state index in [2.05, 4.69) is 26.1 Å². The lowest BCUT2D eigenvalue weighted by molar-refractivity contribution is -0.131. The van der Waals surface area contributed by atoms with E-state index in [1.807, 2.05) is 30.3 Å². The minimum atomic E-state index is -0.891. The topological polar surface area (TPSA) is 81.4 Å². The SMILES string of the molecule is CC(Oc1ccc(C(C)(C)C)cc1)C(=O)NC(C(N)=O)c1ccccc1. The van der Waals surface area contributed by atoms with Crippen molar-refractivity contribution in [2.45, 2.75) is 45.3 Å². The van der Waals surface area contributed by atoms with E-state index in [0.29, 0.717) is 11.3 Å². The summed E-state index contributed by atoms with van der Waals surface area (Å²) in [5.41, 5.74) is 7.29. The molecule has 0 spiro atoms. The van der Waals surface area contributed by atoms with Crippen LogP contribution in [0.2, 0.25) is 0 Å². The average molecular weight is 354 g/mol. The number of nitrogens with one attached hydrogen (secondary N) is 1. The van der Waals surface area contributed by atoms with Gasteiger partial charge < -0.3 is 15.8 Å². The second-order valence-electron chi connectivity index (χ2n) is 7.29. The van der Waals surface area contributed by atoms with Crippen molar-refractivity contribution < 1.29 is 14.3 Å². The number of benzene rings is 2. The summed E-state index contributed by atoms with van der Waals surface area (Å²) in [6.07, 6.45) is -0.763. The first kappa shape index (κ1) is 19.5. The number of carbonyl (C=O) groups is 2. The van der Waals surface area contributed by atoms with Crippen LogP contribution in [0.1, 0.15) is 44.9 Å². The highest BCUT2D eigenvalue weighted by Gasteiger charge is 2.24. The van der Waals surface area contributed by atoms with Crippen molar-refractivity contribution in [1.82, 2.24) is 5.32 Å². The van der Waals surface area contributed by atoms with E-state index in [1.54, 1.807) is 31.2 Å². The predicted octanol–water partition coefficient (Wildman–Crippen LogP) is 3.09. The molecule has 2 amide bonds. The van der Waals surface area contributed by atoms with Gasteiger partial charge in [0.2, 0.25) is 5.91 Å². The lowest BCUT2D eigenvalue weighted by Crippen LogP contribution is -2.43. The maximum Gasteiger partial charge on any atom is 0.261 e. The van der Waals surface area contributed by atoms with Crippen LogP contribution in [0.15, 0.2) is 54.6 Å². The summed E-state index contributed by atoms with van der Waals surface area (Å²) in [6.45, 7) is 8.03. The van der Waals surface area contributed by atoms with Gasteiger partial charge in [-0.2, -0.15) is 0 Å². The monoisotopic (exact) mass is 354 g/mol. The first-order valence-electron chi connectivity index (χ1n) is 8.60. The summed E-state index contributed by atoms with van der Waals surface area (Å²) in [4.78, 5) is 24.1. The molecule has 2 rings (SSSR count). The number of amides is 2. The van der Waals surface area contributed by atoms with Gasteiger partial charge in [0, 0.05) is 0 Å². The zero-order valence-corrected chi connectivity index (χ0v) is 15.7. The Morgan fingerprint density at radius 1 is 1.00 bits per heavy atom. The number of carbonyl (C=O) groups excluding carboxylic acids is 2. The van der Waals surface area contributed by atoms with Crippen molar-refractivity contribution in [2.24, 2.45) is 5.73 Å². The third kappa shape index (κ3) is 5.09. The molecule has 0 bridgehead atoms. The van der Waals surface area contributed by atoms with Crippen LogP contribution < -0.4 is 15.8 Å². The molecule has 0 aliphatic heterocycles. The van der Waals surface area contributed by atoms with E-state index in [4.69, 9.17) is 10.5 Å². The molecular formula is C21H26N2O3. The second-order valence-corrected chi connectivity index (χ2v) is 7.29. The highest BCUT2D eigenvalue weighted by Crippen LogP contribution is 2.24. The first-order valence-corrected chi connectivity index (χ1v) is 8.60. The van der Waals surface area contributed by atoms with Crippen LogP contribution in [0.4, 0.5) is 0 Å². The van der Waals surface area contributed by atoms with Crippen molar-refractivity contribution in [1.29, 1.82) is 0 Å². The van der Waals surface area contributed by atoms with Crippen molar-refractivity contribution in [2.75, 3.05) is 0 Å². The first-order chi connectivity index (χ1) is 12.2. The molecule has 2 aromatic rings. The Morgan fingerprint density at radius 3 is 2.08 bits per heavy atom. The fourth-order valence-electron chi connectivity index (χ4n) is 2.51. The smallest absolute Gasteiger partial charge is 0.261 e. The molecular weight excluding hydrogens is 328 g/mol. The molecule has 5 nitrogen and oxygen atoms in total. The van der Waals surface area contributed by atoms with Gasteiger partial charge in [-0.1, -0.05) is 63.2 Å². The number of hydrogen-bond donors (Lipinski definition) is 2. The van der Waals surface area contributed by atoms with E-state index < -0.39 is 24.0 Å². The predicted molar refractivity (Wildman–Crippen MR) is 102 cm³/mol. The number of ether oxygens (including phenoxy) is 1. The fourth-order valence-corrected chi connectivity index (χ4v) is 2.51. The van der Waals surface area contributed by atoms with E-state index in [0.717, 1.165) is 0 Å². The molecule has 0 aliphatic carbocycles. The molecule has 0 saturated carbocycles. The summed E-state index contributed by atoms with van der Waals surface area (Å²) < 4.78 is 5.70. The maximum absolute atomic E-state index is 12.4. The summed E-state index contributed by atoms with van der Waals surface area (Å²) in [7, 11) is 0. The zero-order valence-electron chi connectivity index (χ0n) is 15.7. The van der Waals surface area contributed by atoms with Crippen LogP contribution in [0.5, 0.6) is 5.75 Å². The molecule has 138 valence electrons. The number of rotatable bonds is 6. The Kier molecular flexibility index (Phi) is 6.03.